The molecule has 0 radical (unpaired) electrons. The number of hydrogen-bond acceptors (Lipinski definition) is 4. The van der Waals surface area contributed by atoms with Crippen molar-refractivity contribution in [3.63, 3.8) is 0 Å². The number of nitrogens with one attached hydrogen (secondary N) is 2. The molecule has 0 rings (SSSR count). The van der Waals surface area contributed by atoms with Gasteiger partial charge in [-0.2, -0.15) is 0 Å². The summed E-state index contributed by atoms with van der Waals surface area (Å²) in [6, 6.07) is -1.02. The Morgan fingerprint density at radius 1 is 1.26 bits per heavy atom. The van der Waals surface area contributed by atoms with Crippen LogP contribution in [0.3, 0.4) is 0 Å². The molecule has 0 saturated carbocycles. The zero-order valence-electron chi connectivity index (χ0n) is 11.8. The van der Waals surface area contributed by atoms with E-state index in [4.69, 9.17) is 9.84 Å². The summed E-state index contributed by atoms with van der Waals surface area (Å²) in [6.45, 7) is 6.83. The van der Waals surface area contributed by atoms with Gasteiger partial charge >= 0.3 is 12.1 Å². The van der Waals surface area contributed by atoms with Gasteiger partial charge in [-0.15, -0.1) is 0 Å². The standard InChI is InChI=1S/C12H22N2O5/c1-8(15)13-7-5-6-9(10(16)17)14-11(18)19-12(2,3)4/h9H,5-7H2,1-4H3,(H,13,15)(H,14,18)(H,16,17)/t9-/m1/s1. The van der Waals surface area contributed by atoms with Crippen molar-refractivity contribution >= 4 is 18.0 Å². The minimum atomic E-state index is -1.13. The molecular formula is C12H22N2O5. The van der Waals surface area contributed by atoms with E-state index in [1.165, 1.54) is 6.92 Å². The monoisotopic (exact) mass is 274 g/mol. The van der Waals surface area contributed by atoms with Crippen LogP contribution in [0.25, 0.3) is 0 Å². The summed E-state index contributed by atoms with van der Waals surface area (Å²) in [5, 5.41) is 13.8. The van der Waals surface area contributed by atoms with Crippen LogP contribution in [0.4, 0.5) is 4.79 Å². The molecule has 0 unspecified atom stereocenters. The van der Waals surface area contributed by atoms with Crippen LogP contribution in [0.2, 0.25) is 0 Å². The zero-order valence-corrected chi connectivity index (χ0v) is 11.8. The second kappa shape index (κ2) is 7.60. The molecule has 110 valence electrons. The number of rotatable bonds is 6. The predicted octanol–water partition coefficient (Wildman–Crippen LogP) is 0.881. The van der Waals surface area contributed by atoms with Gasteiger partial charge in [0.25, 0.3) is 0 Å². The van der Waals surface area contributed by atoms with E-state index >= 15 is 0 Å². The second-order valence-electron chi connectivity index (χ2n) is 5.16. The van der Waals surface area contributed by atoms with Crippen molar-refractivity contribution in [2.75, 3.05) is 6.54 Å². The third-order valence-electron chi connectivity index (χ3n) is 2.03. The maximum Gasteiger partial charge on any atom is 0.408 e. The summed E-state index contributed by atoms with van der Waals surface area (Å²) in [6.07, 6.45) is -0.0966. The van der Waals surface area contributed by atoms with Crippen LogP contribution in [0.15, 0.2) is 0 Å². The molecule has 0 bridgehead atoms. The minimum absolute atomic E-state index is 0.174. The van der Waals surface area contributed by atoms with Gasteiger partial charge in [-0.05, 0) is 33.6 Å². The largest absolute Gasteiger partial charge is 0.480 e. The fourth-order valence-corrected chi connectivity index (χ4v) is 1.28. The van der Waals surface area contributed by atoms with E-state index < -0.39 is 23.7 Å². The Bertz CT molecular complexity index is 336. The number of ether oxygens (including phenoxy) is 1. The van der Waals surface area contributed by atoms with Crippen LogP contribution in [-0.4, -0.2) is 41.3 Å². The molecule has 0 aromatic carbocycles. The topological polar surface area (TPSA) is 105 Å². The van der Waals surface area contributed by atoms with Gasteiger partial charge in [0.15, 0.2) is 0 Å². The van der Waals surface area contributed by atoms with E-state index in [-0.39, 0.29) is 12.3 Å². The first-order chi connectivity index (χ1) is 8.61. The average molecular weight is 274 g/mol. The lowest BCUT2D eigenvalue weighted by atomic mass is 10.1. The van der Waals surface area contributed by atoms with Crippen molar-refractivity contribution in [1.82, 2.24) is 10.6 Å². The fraction of sp³-hybridized carbons (Fsp3) is 0.750. The number of carboxylic acid groups (broad SMARTS) is 1. The summed E-state index contributed by atoms with van der Waals surface area (Å²) in [7, 11) is 0. The second-order valence-corrected chi connectivity index (χ2v) is 5.16. The summed E-state index contributed by atoms with van der Waals surface area (Å²) >= 11 is 0. The molecule has 7 heteroatoms. The number of amides is 2. The zero-order chi connectivity index (χ0) is 15.1. The molecule has 0 aliphatic carbocycles. The molecule has 0 aromatic rings. The lowest BCUT2D eigenvalue weighted by molar-refractivity contribution is -0.139. The van der Waals surface area contributed by atoms with E-state index in [0.717, 1.165) is 0 Å². The van der Waals surface area contributed by atoms with Crippen molar-refractivity contribution in [2.45, 2.75) is 52.2 Å². The Kier molecular flexibility index (Phi) is 6.89. The Morgan fingerprint density at radius 3 is 2.26 bits per heavy atom. The van der Waals surface area contributed by atoms with Gasteiger partial charge in [0.1, 0.15) is 11.6 Å². The van der Waals surface area contributed by atoms with Gasteiger partial charge in [0.2, 0.25) is 5.91 Å². The first kappa shape index (κ1) is 17.2. The van der Waals surface area contributed by atoms with E-state index in [9.17, 15) is 14.4 Å². The molecule has 0 fully saturated rings. The molecule has 3 N–H and O–H groups in total. The van der Waals surface area contributed by atoms with Crippen molar-refractivity contribution in [3.05, 3.63) is 0 Å². The highest BCUT2D eigenvalue weighted by Crippen LogP contribution is 2.07. The normalized spacial score (nSPS) is 12.4. The van der Waals surface area contributed by atoms with Crippen LogP contribution in [0.1, 0.15) is 40.5 Å². The third-order valence-corrected chi connectivity index (χ3v) is 2.03. The third kappa shape index (κ3) is 9.87. The maximum absolute atomic E-state index is 11.4. The molecule has 0 aromatic heterocycles. The van der Waals surface area contributed by atoms with Crippen LogP contribution in [-0.2, 0) is 14.3 Å². The predicted molar refractivity (Wildman–Crippen MR) is 68.7 cm³/mol. The molecule has 0 aliphatic heterocycles. The quantitative estimate of drug-likeness (QED) is 0.624. The van der Waals surface area contributed by atoms with Crippen molar-refractivity contribution in [1.29, 1.82) is 0 Å². The summed E-state index contributed by atoms with van der Waals surface area (Å²) in [5.74, 6) is -1.30. The smallest absolute Gasteiger partial charge is 0.408 e. The van der Waals surface area contributed by atoms with Gasteiger partial charge in [0.05, 0.1) is 0 Å². The number of carbonyl (C=O) groups excluding carboxylic acids is 2. The molecule has 0 saturated heterocycles. The number of hydrogen-bond donors (Lipinski definition) is 3. The van der Waals surface area contributed by atoms with E-state index in [1.54, 1.807) is 20.8 Å². The molecular weight excluding hydrogens is 252 g/mol. The Balaban J connectivity index is 4.16. The van der Waals surface area contributed by atoms with Gasteiger partial charge in [-0.1, -0.05) is 0 Å². The van der Waals surface area contributed by atoms with Gasteiger partial charge in [0, 0.05) is 13.5 Å². The Hall–Kier alpha value is -1.79. The highest BCUT2D eigenvalue weighted by atomic mass is 16.6. The van der Waals surface area contributed by atoms with E-state index in [0.29, 0.717) is 13.0 Å². The van der Waals surface area contributed by atoms with Crippen molar-refractivity contribution < 1.29 is 24.2 Å². The molecule has 0 heterocycles. The molecule has 0 spiro atoms. The first-order valence-corrected chi connectivity index (χ1v) is 6.08. The minimum Gasteiger partial charge on any atom is -0.480 e. The number of carbonyl (C=O) groups is 3. The van der Waals surface area contributed by atoms with E-state index in [2.05, 4.69) is 10.6 Å². The maximum atomic E-state index is 11.4. The van der Waals surface area contributed by atoms with Crippen LogP contribution < -0.4 is 10.6 Å². The van der Waals surface area contributed by atoms with Crippen LogP contribution in [0, 0.1) is 0 Å². The van der Waals surface area contributed by atoms with Crippen molar-refractivity contribution in [3.8, 4) is 0 Å². The summed E-state index contributed by atoms with van der Waals surface area (Å²) < 4.78 is 4.98. The van der Waals surface area contributed by atoms with E-state index in [1.807, 2.05) is 0 Å². The lowest BCUT2D eigenvalue weighted by Gasteiger charge is -2.22. The van der Waals surface area contributed by atoms with Gasteiger partial charge in [-0.25, -0.2) is 9.59 Å². The SMILES string of the molecule is CC(=O)NCCC[C@@H](NC(=O)OC(C)(C)C)C(=O)O. The average Bonchev–Trinajstić information content (AvgIpc) is 2.19. The van der Waals surface area contributed by atoms with Gasteiger partial charge < -0.3 is 20.5 Å². The fourth-order valence-electron chi connectivity index (χ4n) is 1.28. The lowest BCUT2D eigenvalue weighted by Crippen LogP contribution is -2.43. The number of carboxylic acids is 1. The molecule has 2 amide bonds. The van der Waals surface area contributed by atoms with Crippen molar-refractivity contribution in [2.24, 2.45) is 0 Å². The van der Waals surface area contributed by atoms with Crippen LogP contribution >= 0.6 is 0 Å². The molecule has 1 atom stereocenters. The highest BCUT2D eigenvalue weighted by molar-refractivity contribution is 5.80. The molecule has 19 heavy (non-hydrogen) atoms. The van der Waals surface area contributed by atoms with Crippen LogP contribution in [0.5, 0.6) is 0 Å². The molecule has 7 nitrogen and oxygen atoms in total. The first-order valence-electron chi connectivity index (χ1n) is 6.08. The van der Waals surface area contributed by atoms with Gasteiger partial charge in [-0.3, -0.25) is 4.79 Å². The highest BCUT2D eigenvalue weighted by Gasteiger charge is 2.23. The number of aliphatic carboxylic acids is 1. The Morgan fingerprint density at radius 2 is 1.84 bits per heavy atom. The molecule has 0 aliphatic rings. The summed E-state index contributed by atoms with van der Waals surface area (Å²) in [5.41, 5.74) is -0.677. The Labute approximate surface area is 112 Å². The number of alkyl carbamates (subject to hydrolysis) is 1. The summed E-state index contributed by atoms with van der Waals surface area (Å²) in [4.78, 5) is 33.1.